The van der Waals surface area contributed by atoms with Crippen molar-refractivity contribution in [3.05, 3.63) is 36.5 Å². The summed E-state index contributed by atoms with van der Waals surface area (Å²) in [6.07, 6.45) is 7.81. The van der Waals surface area contributed by atoms with Gasteiger partial charge in [-0.1, -0.05) is 39.7 Å². The van der Waals surface area contributed by atoms with E-state index in [9.17, 15) is 27.6 Å². The fourth-order valence-electron chi connectivity index (χ4n) is 8.46. The number of ether oxygens (including phenoxy) is 3. The van der Waals surface area contributed by atoms with Gasteiger partial charge in [-0.3, -0.25) is 19.1 Å². The van der Waals surface area contributed by atoms with E-state index in [1.165, 1.54) is 11.0 Å². The van der Waals surface area contributed by atoms with E-state index < -0.39 is 74.1 Å². The molecule has 3 N–H and O–H groups in total. The highest BCUT2D eigenvalue weighted by Gasteiger charge is 2.62. The first-order valence-electron chi connectivity index (χ1n) is 19.9. The van der Waals surface area contributed by atoms with Gasteiger partial charge in [-0.05, 0) is 81.3 Å². The molecule has 1 unspecified atom stereocenters. The molecule has 2 aromatic rings. The highest BCUT2D eigenvalue weighted by atomic mass is 32.2. The predicted molar refractivity (Wildman–Crippen MR) is 206 cm³/mol. The number of amides is 4. The normalized spacial score (nSPS) is 30.0. The first-order chi connectivity index (χ1) is 26.6. The number of methoxy groups -OCH3 is 1. The number of hydrogen-bond acceptors (Lipinski definition) is 11. The van der Waals surface area contributed by atoms with Gasteiger partial charge in [-0.2, -0.15) is 0 Å². The second-order valence-corrected chi connectivity index (χ2v) is 19.1. The summed E-state index contributed by atoms with van der Waals surface area (Å²) < 4.78 is 45.7. The van der Waals surface area contributed by atoms with Crippen LogP contribution in [0.25, 0.3) is 11.0 Å². The molecule has 15 nitrogen and oxygen atoms in total. The van der Waals surface area contributed by atoms with E-state index in [1.54, 1.807) is 13.2 Å². The fraction of sp³-hybridized carbons (Fsp3) is 0.650. The molecule has 304 valence electrons. The lowest BCUT2D eigenvalue weighted by Crippen LogP contribution is -2.60. The molecule has 2 aliphatic heterocycles. The third kappa shape index (κ3) is 8.30. The van der Waals surface area contributed by atoms with Crippen molar-refractivity contribution in [2.75, 3.05) is 13.7 Å². The molecule has 0 radical (unpaired) electrons. The van der Waals surface area contributed by atoms with Gasteiger partial charge in [-0.25, -0.2) is 23.2 Å². The lowest BCUT2D eigenvalue weighted by Gasteiger charge is -2.35. The van der Waals surface area contributed by atoms with Gasteiger partial charge in [0, 0.05) is 18.4 Å². The minimum atomic E-state index is -3.90. The second kappa shape index (κ2) is 15.5. The number of aryl methyl sites for hydroxylation is 1. The molecule has 3 saturated carbocycles. The molecule has 7 atom stereocenters. The molecule has 2 bridgehead atoms. The summed E-state index contributed by atoms with van der Waals surface area (Å²) in [7, 11) is -2.33. The Morgan fingerprint density at radius 2 is 1.80 bits per heavy atom. The number of benzene rings is 1. The van der Waals surface area contributed by atoms with E-state index in [2.05, 4.69) is 21.9 Å². The number of nitrogens with zero attached hydrogens (tertiary/aromatic N) is 3. The molecule has 16 heteroatoms. The third-order valence-corrected chi connectivity index (χ3v) is 13.8. The van der Waals surface area contributed by atoms with E-state index in [0.717, 1.165) is 44.9 Å². The molecule has 4 fully saturated rings. The number of nitrogens with one attached hydrogen (secondary N) is 3. The zero-order chi connectivity index (χ0) is 40.0. The maximum atomic E-state index is 14.7. The smallest absolute Gasteiger partial charge is 0.408 e. The van der Waals surface area contributed by atoms with Gasteiger partial charge in [-0.15, -0.1) is 6.58 Å². The molecule has 56 heavy (non-hydrogen) atoms. The Bertz CT molecular complexity index is 2000. The number of fused-ring (bicyclic) bond motifs is 5. The molecular weight excluding hydrogens is 741 g/mol. The third-order valence-electron chi connectivity index (χ3n) is 12.0. The Morgan fingerprint density at radius 1 is 1.04 bits per heavy atom. The van der Waals surface area contributed by atoms with Gasteiger partial charge in [0.1, 0.15) is 41.3 Å². The molecule has 3 aliphatic carbocycles. The topological polar surface area (TPSA) is 195 Å². The summed E-state index contributed by atoms with van der Waals surface area (Å²) in [4.78, 5) is 67.4. The van der Waals surface area contributed by atoms with E-state index in [0.29, 0.717) is 47.6 Å². The van der Waals surface area contributed by atoms with Crippen LogP contribution in [0.2, 0.25) is 0 Å². The van der Waals surface area contributed by atoms with Crippen LogP contribution in [-0.4, -0.2) is 95.8 Å². The van der Waals surface area contributed by atoms with E-state index in [-0.39, 0.29) is 31.4 Å². The van der Waals surface area contributed by atoms with Gasteiger partial charge in [0.05, 0.1) is 29.9 Å². The highest BCUT2D eigenvalue weighted by molar-refractivity contribution is 7.91. The molecule has 1 aromatic heterocycles. The summed E-state index contributed by atoms with van der Waals surface area (Å²) in [5, 5.41) is 5.03. The Balaban J connectivity index is 1.23. The molecule has 5 aliphatic rings. The zero-order valence-electron chi connectivity index (χ0n) is 32.7. The van der Waals surface area contributed by atoms with Gasteiger partial charge in [0.2, 0.25) is 27.7 Å². The summed E-state index contributed by atoms with van der Waals surface area (Å²) in [6.45, 7) is 9.23. The number of hydrogen-bond donors (Lipinski definition) is 3. The van der Waals surface area contributed by atoms with Crippen molar-refractivity contribution in [3.8, 4) is 11.6 Å². The number of sulfonamides is 1. The molecule has 1 saturated heterocycles. The minimum Gasteiger partial charge on any atom is -0.497 e. The van der Waals surface area contributed by atoms with Crippen molar-refractivity contribution >= 4 is 44.9 Å². The van der Waals surface area contributed by atoms with Crippen LogP contribution in [0.5, 0.6) is 11.6 Å². The SMILES string of the molecule is C=CC1C[C@]1(NC(=O)[C@@H]1C[C@@H]2CN1C(=O)[C@H](C(C)(C)C)NC(=O)O[C@@H]1CCC[C@H]1CCCCCc1nc3ccc(OC)cc3nc1O2)C(=O)NS(=O)(=O)C1CC1. The lowest BCUT2D eigenvalue weighted by atomic mass is 9.85. The van der Waals surface area contributed by atoms with Crippen LogP contribution in [0.15, 0.2) is 30.9 Å². The van der Waals surface area contributed by atoms with E-state index in [1.807, 2.05) is 32.9 Å². The van der Waals surface area contributed by atoms with Crippen molar-refractivity contribution in [2.45, 2.75) is 133 Å². The van der Waals surface area contributed by atoms with E-state index in [4.69, 9.17) is 24.2 Å². The number of carbonyl (C=O) groups excluding carboxylic acids is 4. The molecule has 4 amide bonds. The largest absolute Gasteiger partial charge is 0.497 e. The Hall–Kier alpha value is -4.47. The standard InChI is InChI=1S/C40H54N6O9S/c1-6-24-21-40(24,37(49)45-56(51,52)27-16-17-27)44-34(47)31-20-26-22-46(31)36(48)33(39(2,3)4)43-38(50)55-32-14-10-12-23(32)11-8-7-9-13-29-35(54-26)42-30-19-25(53-5)15-18-28(30)41-29/h6,15,18-19,23-24,26-27,31-33H,1,7-14,16-17,20-22H2,2-5H3,(H,43,50)(H,44,47)(H,45,49)/t23-,24?,26-,31+,32-,33-,40-/m1/s1. The van der Waals surface area contributed by atoms with Crippen LogP contribution in [-0.2, 0) is 35.6 Å². The minimum absolute atomic E-state index is 0.0245. The van der Waals surface area contributed by atoms with Crippen molar-refractivity contribution in [1.82, 2.24) is 30.2 Å². The summed E-state index contributed by atoms with van der Waals surface area (Å²) in [5.41, 5.74) is -0.452. The van der Waals surface area contributed by atoms with Crippen LogP contribution < -0.4 is 24.8 Å². The van der Waals surface area contributed by atoms with Gasteiger partial charge < -0.3 is 29.7 Å². The van der Waals surface area contributed by atoms with Crippen LogP contribution in [0, 0.1) is 17.3 Å². The predicted octanol–water partition coefficient (Wildman–Crippen LogP) is 4.08. The van der Waals surface area contributed by atoms with Crippen LogP contribution in [0.3, 0.4) is 0 Å². The molecular formula is C40H54N6O9S. The number of carbonyl (C=O) groups is 4. The van der Waals surface area contributed by atoms with Gasteiger partial charge in [0.15, 0.2) is 0 Å². The van der Waals surface area contributed by atoms with Gasteiger partial charge in [0.25, 0.3) is 5.91 Å². The summed E-state index contributed by atoms with van der Waals surface area (Å²) in [5.74, 6) is -1.42. The molecule has 0 spiro atoms. The van der Waals surface area contributed by atoms with Crippen molar-refractivity contribution in [1.29, 1.82) is 0 Å². The average Bonchev–Trinajstić information content (AvgIpc) is 4.04. The quantitative estimate of drug-likeness (QED) is 0.342. The Labute approximate surface area is 328 Å². The Morgan fingerprint density at radius 3 is 2.50 bits per heavy atom. The van der Waals surface area contributed by atoms with Crippen LogP contribution in [0.4, 0.5) is 4.79 Å². The molecule has 1 aromatic carbocycles. The molecule has 3 heterocycles. The number of aromatic nitrogens is 2. The monoisotopic (exact) mass is 794 g/mol. The maximum absolute atomic E-state index is 14.7. The second-order valence-electron chi connectivity index (χ2n) is 17.2. The summed E-state index contributed by atoms with van der Waals surface area (Å²) in [6, 6.07) is 3.21. The molecule has 7 rings (SSSR count). The lowest BCUT2D eigenvalue weighted by molar-refractivity contribution is -0.143. The zero-order valence-corrected chi connectivity index (χ0v) is 33.5. The van der Waals surface area contributed by atoms with Crippen molar-refractivity contribution in [2.24, 2.45) is 17.3 Å². The highest BCUT2D eigenvalue weighted by Crippen LogP contribution is 2.46. The number of alkyl carbamates (subject to hydrolysis) is 1. The maximum Gasteiger partial charge on any atom is 0.408 e. The first kappa shape index (κ1) is 39.8. The summed E-state index contributed by atoms with van der Waals surface area (Å²) >= 11 is 0. The van der Waals surface area contributed by atoms with Crippen molar-refractivity contribution < 1.29 is 41.8 Å². The Kier molecular flexibility index (Phi) is 11.0. The van der Waals surface area contributed by atoms with Gasteiger partial charge >= 0.3 is 6.09 Å². The van der Waals surface area contributed by atoms with Crippen molar-refractivity contribution in [3.63, 3.8) is 0 Å². The van der Waals surface area contributed by atoms with Crippen LogP contribution >= 0.6 is 0 Å². The first-order valence-corrected chi connectivity index (χ1v) is 21.5. The average molecular weight is 795 g/mol. The fourth-order valence-corrected chi connectivity index (χ4v) is 9.82. The van der Waals surface area contributed by atoms with E-state index >= 15 is 0 Å². The van der Waals surface area contributed by atoms with Crippen LogP contribution in [0.1, 0.15) is 97.1 Å². The number of rotatable bonds is 7.